The van der Waals surface area contributed by atoms with E-state index in [4.69, 9.17) is 0 Å². The third-order valence-corrected chi connectivity index (χ3v) is 5.80. The van der Waals surface area contributed by atoms with Crippen LogP contribution in [-0.2, 0) is 12.8 Å². The molecule has 25 heavy (non-hydrogen) atoms. The normalized spacial score (nSPS) is 17.0. The summed E-state index contributed by atoms with van der Waals surface area (Å²) in [6.07, 6.45) is 8.23. The molecule has 2 aliphatic carbocycles. The van der Waals surface area contributed by atoms with Crippen molar-refractivity contribution in [3.63, 3.8) is 0 Å². The fourth-order valence-corrected chi connectivity index (χ4v) is 4.22. The molecule has 1 atom stereocenters. The molecule has 0 fully saturated rings. The first-order valence-corrected chi connectivity index (χ1v) is 9.53. The minimum absolute atomic E-state index is 0.265. The van der Waals surface area contributed by atoms with Gasteiger partial charge in [-0.25, -0.2) is 0 Å². The highest BCUT2D eigenvalue weighted by atomic mass is 14.3. The van der Waals surface area contributed by atoms with Gasteiger partial charge in [-0.1, -0.05) is 87.9 Å². The van der Waals surface area contributed by atoms with Gasteiger partial charge in [0.2, 0.25) is 0 Å². The van der Waals surface area contributed by atoms with E-state index in [1.54, 1.807) is 5.57 Å². The Labute approximate surface area is 152 Å². The van der Waals surface area contributed by atoms with E-state index in [0.717, 1.165) is 19.3 Å². The molecule has 0 aliphatic heterocycles. The zero-order valence-electron chi connectivity index (χ0n) is 15.9. The van der Waals surface area contributed by atoms with Crippen LogP contribution in [0.3, 0.4) is 0 Å². The zero-order chi connectivity index (χ0) is 17.6. The van der Waals surface area contributed by atoms with Gasteiger partial charge in [0.05, 0.1) is 0 Å². The average Bonchev–Trinajstić information content (AvgIpc) is 3.19. The Kier molecular flexibility index (Phi) is 3.95. The van der Waals surface area contributed by atoms with E-state index in [1.807, 2.05) is 0 Å². The minimum Gasteiger partial charge on any atom is -0.0767 e. The van der Waals surface area contributed by atoms with E-state index >= 15 is 0 Å². The zero-order valence-corrected chi connectivity index (χ0v) is 15.9. The molecule has 0 spiro atoms. The molecule has 2 aromatic carbocycles. The lowest BCUT2D eigenvalue weighted by molar-refractivity contribution is 0.517. The second-order valence-electron chi connectivity index (χ2n) is 8.76. The van der Waals surface area contributed by atoms with Gasteiger partial charge in [-0.2, -0.15) is 0 Å². The molecule has 4 rings (SSSR count). The van der Waals surface area contributed by atoms with Gasteiger partial charge in [0, 0.05) is 0 Å². The fourth-order valence-electron chi connectivity index (χ4n) is 4.22. The summed E-state index contributed by atoms with van der Waals surface area (Å²) in [5.74, 6) is 0.609. The van der Waals surface area contributed by atoms with E-state index in [9.17, 15) is 0 Å². The first-order chi connectivity index (χ1) is 11.9. The van der Waals surface area contributed by atoms with E-state index in [-0.39, 0.29) is 5.41 Å². The maximum absolute atomic E-state index is 2.45. The Hall–Kier alpha value is -2.08. The summed E-state index contributed by atoms with van der Waals surface area (Å²) in [5.41, 5.74) is 10.7. The largest absolute Gasteiger partial charge is 0.0767 e. The molecule has 0 radical (unpaired) electrons. The van der Waals surface area contributed by atoms with Crippen LogP contribution in [0.15, 0.2) is 65.8 Å². The molecule has 0 bridgehead atoms. The fraction of sp³-hybridized carbons (Fsp3) is 0.360. The second-order valence-corrected chi connectivity index (χ2v) is 8.76. The van der Waals surface area contributed by atoms with Crippen molar-refractivity contribution in [2.75, 3.05) is 0 Å². The molecule has 0 amide bonds. The Morgan fingerprint density at radius 1 is 0.960 bits per heavy atom. The SMILES string of the molecule is CC(Cc1ccc2c(c1)Cc1ccccc1-2)C1=CC(C(C)(C)C)=CC1. The summed E-state index contributed by atoms with van der Waals surface area (Å²) in [6.45, 7) is 9.30. The summed E-state index contributed by atoms with van der Waals surface area (Å²) < 4.78 is 0. The number of hydrogen-bond donors (Lipinski definition) is 0. The van der Waals surface area contributed by atoms with Crippen LogP contribution in [0.4, 0.5) is 0 Å². The highest BCUT2D eigenvalue weighted by Gasteiger charge is 2.22. The van der Waals surface area contributed by atoms with Gasteiger partial charge in [-0.05, 0) is 64.0 Å². The summed E-state index contributed by atoms with van der Waals surface area (Å²) in [5, 5.41) is 0. The van der Waals surface area contributed by atoms with Crippen molar-refractivity contribution < 1.29 is 0 Å². The van der Waals surface area contributed by atoms with E-state index in [1.165, 1.54) is 33.4 Å². The topological polar surface area (TPSA) is 0 Å². The van der Waals surface area contributed by atoms with Gasteiger partial charge in [-0.15, -0.1) is 0 Å². The molecule has 0 saturated heterocycles. The van der Waals surface area contributed by atoms with Crippen molar-refractivity contribution in [3.05, 3.63) is 82.5 Å². The molecule has 0 N–H and O–H groups in total. The Morgan fingerprint density at radius 3 is 2.48 bits per heavy atom. The van der Waals surface area contributed by atoms with Crippen molar-refractivity contribution in [3.8, 4) is 11.1 Å². The van der Waals surface area contributed by atoms with Crippen LogP contribution < -0.4 is 0 Å². The molecule has 0 nitrogen and oxygen atoms in total. The molecule has 128 valence electrons. The predicted octanol–water partition coefficient (Wildman–Crippen LogP) is 6.74. The Morgan fingerprint density at radius 2 is 1.72 bits per heavy atom. The third kappa shape index (κ3) is 3.11. The van der Waals surface area contributed by atoms with Gasteiger partial charge in [0.25, 0.3) is 0 Å². The quantitative estimate of drug-likeness (QED) is 0.499. The van der Waals surface area contributed by atoms with Crippen LogP contribution in [0.1, 0.15) is 50.8 Å². The van der Waals surface area contributed by atoms with Crippen molar-refractivity contribution >= 4 is 0 Å². The predicted molar refractivity (Wildman–Crippen MR) is 108 cm³/mol. The van der Waals surface area contributed by atoms with E-state index in [2.05, 4.69) is 82.3 Å². The standard InChI is InChI=1S/C25H28/c1-17(19-10-11-22(16-19)25(2,3)4)13-18-9-12-24-21(14-18)15-20-7-5-6-8-23(20)24/h5-9,11-12,14,16-17H,10,13,15H2,1-4H3. The lowest BCUT2D eigenvalue weighted by atomic mass is 9.86. The first-order valence-electron chi connectivity index (χ1n) is 9.53. The maximum Gasteiger partial charge on any atom is -0.00134 e. The van der Waals surface area contributed by atoms with Crippen LogP contribution in [0, 0.1) is 11.3 Å². The van der Waals surface area contributed by atoms with Crippen LogP contribution in [0.25, 0.3) is 11.1 Å². The van der Waals surface area contributed by atoms with Crippen molar-refractivity contribution in [2.24, 2.45) is 11.3 Å². The molecule has 0 aromatic heterocycles. The lowest BCUT2D eigenvalue weighted by Crippen LogP contribution is -2.06. The lowest BCUT2D eigenvalue weighted by Gasteiger charge is -2.19. The van der Waals surface area contributed by atoms with Gasteiger partial charge >= 0.3 is 0 Å². The highest BCUT2D eigenvalue weighted by Crippen LogP contribution is 2.38. The number of fused-ring (bicyclic) bond motifs is 3. The number of benzene rings is 2. The van der Waals surface area contributed by atoms with Crippen molar-refractivity contribution in [2.45, 2.75) is 47.0 Å². The van der Waals surface area contributed by atoms with Crippen LogP contribution in [0.2, 0.25) is 0 Å². The van der Waals surface area contributed by atoms with E-state index in [0.29, 0.717) is 5.92 Å². The number of allylic oxidation sites excluding steroid dienone is 4. The Balaban J connectivity index is 1.51. The smallest absolute Gasteiger partial charge is 0.00134 e. The average molecular weight is 328 g/mol. The van der Waals surface area contributed by atoms with Crippen LogP contribution >= 0.6 is 0 Å². The molecular formula is C25H28. The van der Waals surface area contributed by atoms with Gasteiger partial charge in [0.1, 0.15) is 0 Å². The van der Waals surface area contributed by atoms with Crippen molar-refractivity contribution in [1.82, 2.24) is 0 Å². The van der Waals surface area contributed by atoms with E-state index < -0.39 is 0 Å². The number of rotatable bonds is 3. The maximum atomic E-state index is 2.45. The summed E-state index contributed by atoms with van der Waals surface area (Å²) in [7, 11) is 0. The molecule has 0 saturated carbocycles. The molecule has 2 aliphatic rings. The second kappa shape index (κ2) is 6.02. The summed E-state index contributed by atoms with van der Waals surface area (Å²) >= 11 is 0. The molecule has 0 heterocycles. The molecule has 1 unspecified atom stereocenters. The molecule has 0 heteroatoms. The third-order valence-electron chi connectivity index (χ3n) is 5.80. The summed E-state index contributed by atoms with van der Waals surface area (Å²) in [4.78, 5) is 0. The van der Waals surface area contributed by atoms with Gasteiger partial charge < -0.3 is 0 Å². The van der Waals surface area contributed by atoms with Gasteiger partial charge in [-0.3, -0.25) is 0 Å². The summed E-state index contributed by atoms with van der Waals surface area (Å²) in [6, 6.07) is 15.9. The number of hydrogen-bond acceptors (Lipinski definition) is 0. The van der Waals surface area contributed by atoms with Crippen molar-refractivity contribution in [1.29, 1.82) is 0 Å². The van der Waals surface area contributed by atoms with Crippen LogP contribution in [-0.4, -0.2) is 0 Å². The van der Waals surface area contributed by atoms with Crippen LogP contribution in [0.5, 0.6) is 0 Å². The molecular weight excluding hydrogens is 300 g/mol. The first kappa shape index (κ1) is 16.4. The van der Waals surface area contributed by atoms with Gasteiger partial charge in [0.15, 0.2) is 0 Å². The monoisotopic (exact) mass is 328 g/mol. The molecule has 2 aromatic rings. The minimum atomic E-state index is 0.265. The Bertz CT molecular complexity index is 871. The highest BCUT2D eigenvalue weighted by molar-refractivity contribution is 5.76.